The van der Waals surface area contributed by atoms with Crippen LogP contribution >= 0.6 is 0 Å². The zero-order valence-electron chi connectivity index (χ0n) is 13.1. The largest absolute Gasteiger partial charge is 0.334 e. The molecule has 4 nitrogen and oxygen atoms in total. The summed E-state index contributed by atoms with van der Waals surface area (Å²) in [6.07, 6.45) is 3.20. The second-order valence-corrected chi connectivity index (χ2v) is 6.92. The number of fused-ring (bicyclic) bond motifs is 1. The van der Waals surface area contributed by atoms with E-state index < -0.39 is 0 Å². The summed E-state index contributed by atoms with van der Waals surface area (Å²) in [5, 5.41) is 3.41. The Morgan fingerprint density at radius 1 is 1.14 bits per heavy atom. The quantitative estimate of drug-likeness (QED) is 0.912. The van der Waals surface area contributed by atoms with Gasteiger partial charge in [-0.1, -0.05) is 24.3 Å². The molecule has 3 aliphatic rings. The predicted octanol–water partition coefficient (Wildman–Crippen LogP) is 1.26. The van der Waals surface area contributed by atoms with E-state index in [9.17, 15) is 4.79 Å². The Labute approximate surface area is 132 Å². The van der Waals surface area contributed by atoms with Gasteiger partial charge in [0.25, 0.3) is 0 Å². The van der Waals surface area contributed by atoms with Gasteiger partial charge in [-0.2, -0.15) is 0 Å². The first-order valence-electron chi connectivity index (χ1n) is 8.61. The Hall–Kier alpha value is -1.39. The van der Waals surface area contributed by atoms with Gasteiger partial charge in [0, 0.05) is 51.2 Å². The summed E-state index contributed by atoms with van der Waals surface area (Å²) in [7, 11) is 0. The molecular formula is C18H25N3O. The molecule has 1 atom stereocenters. The molecule has 2 fully saturated rings. The highest BCUT2D eigenvalue weighted by Crippen LogP contribution is 2.34. The smallest absolute Gasteiger partial charge is 0.226 e. The fourth-order valence-electron chi connectivity index (χ4n) is 3.77. The summed E-state index contributed by atoms with van der Waals surface area (Å²) in [5.41, 5.74) is 2.77. The molecule has 1 saturated heterocycles. The van der Waals surface area contributed by atoms with E-state index in [1.54, 1.807) is 0 Å². The molecule has 0 unspecified atom stereocenters. The molecule has 2 heterocycles. The summed E-state index contributed by atoms with van der Waals surface area (Å²) in [6, 6.07) is 8.98. The Morgan fingerprint density at radius 3 is 2.59 bits per heavy atom. The monoisotopic (exact) mass is 299 g/mol. The maximum atomic E-state index is 12.7. The lowest BCUT2D eigenvalue weighted by Gasteiger charge is -2.40. The SMILES string of the molecule is O=C(C1CC1)N1Cc2ccccc2C[C@@H]1CN1CCNCC1. The number of nitrogens with one attached hydrogen (secondary N) is 1. The molecule has 0 radical (unpaired) electrons. The molecule has 1 saturated carbocycles. The van der Waals surface area contributed by atoms with Crippen LogP contribution in [-0.2, 0) is 17.8 Å². The van der Waals surface area contributed by atoms with E-state index in [1.807, 2.05) is 0 Å². The van der Waals surface area contributed by atoms with Crippen molar-refractivity contribution in [3.8, 4) is 0 Å². The fraction of sp³-hybridized carbons (Fsp3) is 0.611. The molecule has 0 spiro atoms. The van der Waals surface area contributed by atoms with E-state index >= 15 is 0 Å². The number of carbonyl (C=O) groups is 1. The highest BCUT2D eigenvalue weighted by atomic mass is 16.2. The average molecular weight is 299 g/mol. The lowest BCUT2D eigenvalue weighted by molar-refractivity contribution is -0.136. The fourth-order valence-corrected chi connectivity index (χ4v) is 3.77. The highest BCUT2D eigenvalue weighted by molar-refractivity contribution is 5.81. The summed E-state index contributed by atoms with van der Waals surface area (Å²) in [5.74, 6) is 0.713. The summed E-state index contributed by atoms with van der Waals surface area (Å²) in [4.78, 5) is 17.4. The lowest BCUT2D eigenvalue weighted by Crippen LogP contribution is -2.53. The van der Waals surface area contributed by atoms with E-state index in [1.165, 1.54) is 11.1 Å². The van der Waals surface area contributed by atoms with Crippen molar-refractivity contribution >= 4 is 5.91 Å². The normalized spacial score (nSPS) is 25.8. The van der Waals surface area contributed by atoms with Crippen molar-refractivity contribution in [1.29, 1.82) is 0 Å². The van der Waals surface area contributed by atoms with Crippen molar-refractivity contribution in [1.82, 2.24) is 15.1 Å². The van der Waals surface area contributed by atoms with Gasteiger partial charge < -0.3 is 10.2 Å². The van der Waals surface area contributed by atoms with E-state index in [0.29, 0.717) is 17.9 Å². The Balaban J connectivity index is 1.53. The number of amides is 1. The van der Waals surface area contributed by atoms with Crippen LogP contribution in [0.15, 0.2) is 24.3 Å². The first-order chi connectivity index (χ1) is 10.8. The van der Waals surface area contributed by atoms with Crippen LogP contribution in [-0.4, -0.2) is 54.5 Å². The third kappa shape index (κ3) is 2.90. The standard InChI is InChI=1S/C18H25N3O/c22-18(14-5-6-14)21-12-16-4-2-1-3-15(16)11-17(21)13-20-9-7-19-8-10-20/h1-4,14,17,19H,5-13H2/t17-/m1/s1. The molecule has 1 aromatic rings. The van der Waals surface area contributed by atoms with Gasteiger partial charge in [-0.25, -0.2) is 0 Å². The minimum absolute atomic E-state index is 0.316. The van der Waals surface area contributed by atoms with Gasteiger partial charge in [0.15, 0.2) is 0 Å². The van der Waals surface area contributed by atoms with E-state index in [4.69, 9.17) is 0 Å². The Kier molecular flexibility index (Phi) is 3.89. The van der Waals surface area contributed by atoms with Crippen LogP contribution in [0.2, 0.25) is 0 Å². The van der Waals surface area contributed by atoms with Gasteiger partial charge in [0.1, 0.15) is 0 Å². The van der Waals surface area contributed by atoms with Gasteiger partial charge in [0.2, 0.25) is 5.91 Å². The van der Waals surface area contributed by atoms with E-state index in [0.717, 1.165) is 58.5 Å². The lowest BCUT2D eigenvalue weighted by atomic mass is 9.93. The Bertz CT molecular complexity index is 549. The van der Waals surface area contributed by atoms with Crippen molar-refractivity contribution in [3.63, 3.8) is 0 Å². The van der Waals surface area contributed by atoms with Crippen molar-refractivity contribution in [3.05, 3.63) is 35.4 Å². The minimum Gasteiger partial charge on any atom is -0.334 e. The molecule has 2 aliphatic heterocycles. The molecule has 22 heavy (non-hydrogen) atoms. The van der Waals surface area contributed by atoms with E-state index in [-0.39, 0.29) is 0 Å². The van der Waals surface area contributed by atoms with Crippen molar-refractivity contribution in [2.45, 2.75) is 31.8 Å². The number of hydrogen-bond acceptors (Lipinski definition) is 3. The number of benzene rings is 1. The van der Waals surface area contributed by atoms with Crippen LogP contribution in [0, 0.1) is 5.92 Å². The van der Waals surface area contributed by atoms with Crippen molar-refractivity contribution < 1.29 is 4.79 Å². The first kappa shape index (κ1) is 14.2. The second-order valence-electron chi connectivity index (χ2n) is 6.92. The molecule has 4 heteroatoms. The molecule has 118 valence electrons. The van der Waals surface area contributed by atoms with Gasteiger partial charge in [-0.15, -0.1) is 0 Å². The Morgan fingerprint density at radius 2 is 1.86 bits per heavy atom. The van der Waals surface area contributed by atoms with Gasteiger partial charge in [0.05, 0.1) is 0 Å². The van der Waals surface area contributed by atoms with E-state index in [2.05, 4.69) is 39.4 Å². The number of piperazine rings is 1. The topological polar surface area (TPSA) is 35.6 Å². The van der Waals surface area contributed by atoms with Crippen LogP contribution in [0.5, 0.6) is 0 Å². The average Bonchev–Trinajstić information content (AvgIpc) is 3.39. The third-order valence-corrected chi connectivity index (χ3v) is 5.24. The molecule has 1 aliphatic carbocycles. The van der Waals surface area contributed by atoms with Gasteiger partial charge in [-0.05, 0) is 30.4 Å². The van der Waals surface area contributed by atoms with Crippen LogP contribution in [0.1, 0.15) is 24.0 Å². The molecule has 0 aromatic heterocycles. The maximum absolute atomic E-state index is 12.7. The summed E-state index contributed by atoms with van der Waals surface area (Å²) in [6.45, 7) is 6.17. The zero-order chi connectivity index (χ0) is 14.9. The van der Waals surface area contributed by atoms with Crippen LogP contribution in [0.3, 0.4) is 0 Å². The van der Waals surface area contributed by atoms with Gasteiger partial charge in [-0.3, -0.25) is 9.69 Å². The number of carbonyl (C=O) groups excluding carboxylic acids is 1. The highest BCUT2D eigenvalue weighted by Gasteiger charge is 2.38. The molecule has 1 aromatic carbocycles. The molecular weight excluding hydrogens is 274 g/mol. The summed E-state index contributed by atoms with van der Waals surface area (Å²) < 4.78 is 0. The van der Waals surface area contributed by atoms with Crippen LogP contribution in [0.4, 0.5) is 0 Å². The zero-order valence-corrected chi connectivity index (χ0v) is 13.1. The summed E-state index contributed by atoms with van der Waals surface area (Å²) >= 11 is 0. The second kappa shape index (κ2) is 6.01. The van der Waals surface area contributed by atoms with Gasteiger partial charge >= 0.3 is 0 Å². The number of hydrogen-bond donors (Lipinski definition) is 1. The molecule has 1 amide bonds. The maximum Gasteiger partial charge on any atom is 0.226 e. The molecule has 4 rings (SSSR count). The van der Waals surface area contributed by atoms with Crippen molar-refractivity contribution in [2.24, 2.45) is 5.92 Å². The molecule has 0 bridgehead atoms. The van der Waals surface area contributed by atoms with Crippen LogP contribution < -0.4 is 5.32 Å². The van der Waals surface area contributed by atoms with Crippen LogP contribution in [0.25, 0.3) is 0 Å². The predicted molar refractivity (Wildman–Crippen MR) is 86.5 cm³/mol. The number of rotatable bonds is 3. The van der Waals surface area contributed by atoms with Crippen molar-refractivity contribution in [2.75, 3.05) is 32.7 Å². The minimum atomic E-state index is 0.316. The third-order valence-electron chi connectivity index (χ3n) is 5.24. The number of nitrogens with zero attached hydrogens (tertiary/aromatic N) is 2. The molecule has 1 N–H and O–H groups in total. The first-order valence-corrected chi connectivity index (χ1v) is 8.61.